The van der Waals surface area contributed by atoms with Crippen molar-refractivity contribution in [2.75, 3.05) is 0 Å². The van der Waals surface area contributed by atoms with Crippen molar-refractivity contribution >= 4 is 11.6 Å². The van der Waals surface area contributed by atoms with Gasteiger partial charge in [-0.2, -0.15) is 0 Å². The van der Waals surface area contributed by atoms with Crippen molar-refractivity contribution in [2.45, 2.75) is 26.1 Å². The Morgan fingerprint density at radius 2 is 1.83 bits per heavy atom. The zero-order valence-corrected chi connectivity index (χ0v) is 11.4. The van der Waals surface area contributed by atoms with Crippen molar-refractivity contribution in [1.29, 1.82) is 0 Å². The average Bonchev–Trinajstić information content (AvgIpc) is 2.39. The number of aromatic nitrogens is 1. The number of benzene rings is 1. The van der Waals surface area contributed by atoms with E-state index in [2.05, 4.69) is 24.0 Å². The first kappa shape index (κ1) is 12.9. The van der Waals surface area contributed by atoms with E-state index in [0.29, 0.717) is 11.8 Å². The van der Waals surface area contributed by atoms with E-state index in [-0.39, 0.29) is 0 Å². The molecule has 0 atom stereocenters. The van der Waals surface area contributed by atoms with Gasteiger partial charge in [0.1, 0.15) is 5.75 Å². The minimum absolute atomic E-state index is 0.467. The van der Waals surface area contributed by atoms with Crippen LogP contribution in [0.25, 0.3) is 0 Å². The Bertz CT molecular complexity index is 523. The molecule has 0 aliphatic heterocycles. The second-order valence-corrected chi connectivity index (χ2v) is 4.46. The summed E-state index contributed by atoms with van der Waals surface area (Å²) in [6, 6.07) is 11.9. The number of pyridine rings is 1. The second-order valence-electron chi connectivity index (χ2n) is 4.19. The van der Waals surface area contributed by atoms with Gasteiger partial charge in [-0.15, -0.1) is 11.6 Å². The molecule has 0 radical (unpaired) electrons. The predicted octanol–water partition coefficient (Wildman–Crippen LogP) is 4.48. The molecule has 2 aromatic rings. The standard InChI is InChI=1S/C15H16ClNO/c1-3-12-4-6-14(7-5-12)18-15-9-13(10-16)8-11(2)17-15/h4-9H,3,10H2,1-2H3. The van der Waals surface area contributed by atoms with E-state index in [9.17, 15) is 0 Å². The second kappa shape index (κ2) is 5.87. The lowest BCUT2D eigenvalue weighted by molar-refractivity contribution is 0.461. The highest BCUT2D eigenvalue weighted by molar-refractivity contribution is 6.17. The summed E-state index contributed by atoms with van der Waals surface area (Å²) in [5.74, 6) is 1.86. The summed E-state index contributed by atoms with van der Waals surface area (Å²) in [4.78, 5) is 4.34. The molecule has 94 valence electrons. The summed E-state index contributed by atoms with van der Waals surface area (Å²) < 4.78 is 5.73. The minimum Gasteiger partial charge on any atom is -0.439 e. The molecule has 1 heterocycles. The molecule has 0 aliphatic carbocycles. The molecule has 0 N–H and O–H groups in total. The molecule has 0 amide bonds. The molecule has 1 aromatic carbocycles. The Hall–Kier alpha value is -1.54. The van der Waals surface area contributed by atoms with E-state index in [1.165, 1.54) is 5.56 Å². The van der Waals surface area contributed by atoms with Crippen molar-refractivity contribution in [3.05, 3.63) is 53.2 Å². The lowest BCUT2D eigenvalue weighted by atomic mass is 10.2. The topological polar surface area (TPSA) is 22.1 Å². The third-order valence-electron chi connectivity index (χ3n) is 2.70. The largest absolute Gasteiger partial charge is 0.439 e. The quantitative estimate of drug-likeness (QED) is 0.757. The highest BCUT2D eigenvalue weighted by Crippen LogP contribution is 2.22. The van der Waals surface area contributed by atoms with E-state index >= 15 is 0 Å². The van der Waals surface area contributed by atoms with Crippen LogP contribution in [0.5, 0.6) is 11.6 Å². The molecule has 2 nitrogen and oxygen atoms in total. The molecule has 0 saturated heterocycles. The molecular weight excluding hydrogens is 246 g/mol. The summed E-state index contributed by atoms with van der Waals surface area (Å²) in [5.41, 5.74) is 3.22. The lowest BCUT2D eigenvalue weighted by Crippen LogP contribution is -1.92. The van der Waals surface area contributed by atoms with E-state index in [1.807, 2.05) is 31.2 Å². The number of hydrogen-bond donors (Lipinski definition) is 0. The number of halogens is 1. The van der Waals surface area contributed by atoms with Gasteiger partial charge in [-0.1, -0.05) is 19.1 Å². The molecule has 0 aliphatic rings. The van der Waals surface area contributed by atoms with Gasteiger partial charge in [-0.05, 0) is 42.7 Å². The van der Waals surface area contributed by atoms with Gasteiger partial charge in [-0.3, -0.25) is 0 Å². The molecule has 18 heavy (non-hydrogen) atoms. The first-order chi connectivity index (χ1) is 8.71. The third kappa shape index (κ3) is 3.23. The molecule has 1 aromatic heterocycles. The molecule has 0 unspecified atom stereocenters. The highest BCUT2D eigenvalue weighted by Gasteiger charge is 2.02. The Labute approximate surface area is 113 Å². The average molecular weight is 262 g/mol. The summed E-state index contributed by atoms with van der Waals surface area (Å²) in [6.45, 7) is 4.06. The Kier molecular flexibility index (Phi) is 4.21. The van der Waals surface area contributed by atoms with Crippen LogP contribution in [-0.2, 0) is 12.3 Å². The van der Waals surface area contributed by atoms with Crippen molar-refractivity contribution in [2.24, 2.45) is 0 Å². The molecule has 0 bridgehead atoms. The lowest BCUT2D eigenvalue weighted by Gasteiger charge is -2.07. The highest BCUT2D eigenvalue weighted by atomic mass is 35.5. The molecule has 3 heteroatoms. The van der Waals surface area contributed by atoms with Gasteiger partial charge in [0.2, 0.25) is 5.88 Å². The Balaban J connectivity index is 2.19. The fourth-order valence-corrected chi connectivity index (χ4v) is 1.90. The van der Waals surface area contributed by atoms with Gasteiger partial charge in [-0.25, -0.2) is 4.98 Å². The van der Waals surface area contributed by atoms with Crippen LogP contribution in [0, 0.1) is 6.92 Å². The maximum absolute atomic E-state index is 5.83. The zero-order chi connectivity index (χ0) is 13.0. The summed E-state index contributed by atoms with van der Waals surface area (Å²) in [5, 5.41) is 0. The van der Waals surface area contributed by atoms with Crippen molar-refractivity contribution in [1.82, 2.24) is 4.98 Å². The summed E-state index contributed by atoms with van der Waals surface area (Å²) in [6.07, 6.45) is 1.03. The predicted molar refractivity (Wildman–Crippen MR) is 74.4 cm³/mol. The maximum Gasteiger partial charge on any atom is 0.219 e. The van der Waals surface area contributed by atoms with Crippen LogP contribution < -0.4 is 4.74 Å². The smallest absolute Gasteiger partial charge is 0.219 e. The third-order valence-corrected chi connectivity index (χ3v) is 3.01. The van der Waals surface area contributed by atoms with Crippen LogP contribution in [0.2, 0.25) is 0 Å². The van der Waals surface area contributed by atoms with Gasteiger partial charge in [0.15, 0.2) is 0 Å². The number of ether oxygens (including phenoxy) is 1. The van der Waals surface area contributed by atoms with Crippen molar-refractivity contribution in [3.63, 3.8) is 0 Å². The van der Waals surface area contributed by atoms with Crippen LogP contribution in [0.3, 0.4) is 0 Å². The van der Waals surface area contributed by atoms with E-state index in [1.54, 1.807) is 0 Å². The number of nitrogens with zero attached hydrogens (tertiary/aromatic N) is 1. The first-order valence-corrected chi connectivity index (χ1v) is 6.55. The van der Waals surface area contributed by atoms with E-state index < -0.39 is 0 Å². The van der Waals surface area contributed by atoms with Gasteiger partial charge in [0, 0.05) is 17.6 Å². The van der Waals surface area contributed by atoms with Gasteiger partial charge < -0.3 is 4.74 Å². The van der Waals surface area contributed by atoms with Crippen LogP contribution in [0.4, 0.5) is 0 Å². The van der Waals surface area contributed by atoms with E-state index in [0.717, 1.165) is 23.4 Å². The molecular formula is C15H16ClNO. The maximum atomic E-state index is 5.83. The van der Waals surface area contributed by atoms with Crippen LogP contribution in [-0.4, -0.2) is 4.98 Å². The van der Waals surface area contributed by atoms with Gasteiger partial charge in [0.25, 0.3) is 0 Å². The molecule has 2 rings (SSSR count). The van der Waals surface area contributed by atoms with Crippen LogP contribution >= 0.6 is 11.6 Å². The minimum atomic E-state index is 0.467. The number of aryl methyl sites for hydroxylation is 2. The number of rotatable bonds is 4. The fraction of sp³-hybridized carbons (Fsp3) is 0.267. The fourth-order valence-electron chi connectivity index (χ4n) is 1.75. The zero-order valence-electron chi connectivity index (χ0n) is 10.6. The first-order valence-electron chi connectivity index (χ1n) is 6.01. The summed E-state index contributed by atoms with van der Waals surface area (Å²) >= 11 is 5.83. The SMILES string of the molecule is CCc1ccc(Oc2cc(CCl)cc(C)n2)cc1. The number of alkyl halides is 1. The van der Waals surface area contributed by atoms with Gasteiger partial charge in [0.05, 0.1) is 0 Å². The normalized spacial score (nSPS) is 10.4. The summed E-state index contributed by atoms with van der Waals surface area (Å²) in [7, 11) is 0. The van der Waals surface area contributed by atoms with E-state index in [4.69, 9.17) is 16.3 Å². The van der Waals surface area contributed by atoms with Crippen molar-refractivity contribution < 1.29 is 4.74 Å². The Morgan fingerprint density at radius 1 is 1.11 bits per heavy atom. The Morgan fingerprint density at radius 3 is 2.44 bits per heavy atom. The van der Waals surface area contributed by atoms with Gasteiger partial charge >= 0.3 is 0 Å². The van der Waals surface area contributed by atoms with Crippen LogP contribution in [0.15, 0.2) is 36.4 Å². The molecule has 0 spiro atoms. The molecule has 0 fully saturated rings. The monoisotopic (exact) mass is 261 g/mol. The van der Waals surface area contributed by atoms with Crippen LogP contribution in [0.1, 0.15) is 23.7 Å². The van der Waals surface area contributed by atoms with Crippen molar-refractivity contribution in [3.8, 4) is 11.6 Å². The number of hydrogen-bond acceptors (Lipinski definition) is 2. The molecule has 0 saturated carbocycles.